The molecule has 0 bridgehead atoms. The van der Waals surface area contributed by atoms with Crippen LogP contribution in [0.25, 0.3) is 5.69 Å². The van der Waals surface area contributed by atoms with Gasteiger partial charge in [0.2, 0.25) is 0 Å². The molecule has 162 valence electrons. The molecule has 1 aliphatic rings. The van der Waals surface area contributed by atoms with Crippen LogP contribution in [-0.2, 0) is 15.7 Å². The molecule has 0 saturated heterocycles. The van der Waals surface area contributed by atoms with Gasteiger partial charge < -0.3 is 9.64 Å². The van der Waals surface area contributed by atoms with Crippen LogP contribution >= 0.6 is 0 Å². The van der Waals surface area contributed by atoms with E-state index < -0.39 is 23.6 Å². The van der Waals surface area contributed by atoms with E-state index in [9.17, 15) is 22.8 Å². The van der Waals surface area contributed by atoms with E-state index in [4.69, 9.17) is 4.74 Å². The predicted molar refractivity (Wildman–Crippen MR) is 103 cm³/mol. The third-order valence-corrected chi connectivity index (χ3v) is 5.19. The van der Waals surface area contributed by atoms with Crippen molar-refractivity contribution in [1.29, 1.82) is 0 Å². The molecule has 1 amide bonds. The summed E-state index contributed by atoms with van der Waals surface area (Å²) < 4.78 is 45.5. The quantitative estimate of drug-likeness (QED) is 0.631. The molecule has 1 aliphatic carbocycles. The van der Waals surface area contributed by atoms with E-state index in [2.05, 4.69) is 5.10 Å². The summed E-state index contributed by atoms with van der Waals surface area (Å²) in [5.74, 6) is -1.14. The monoisotopic (exact) mass is 423 g/mol. The fraction of sp³-hybridized carbons (Fsp3) is 0.476. The van der Waals surface area contributed by atoms with Crippen LogP contribution in [-0.4, -0.2) is 46.8 Å². The number of carbonyl (C=O) groups is 2. The summed E-state index contributed by atoms with van der Waals surface area (Å²) in [4.78, 5) is 26.5. The van der Waals surface area contributed by atoms with Crippen molar-refractivity contribution in [3.63, 3.8) is 0 Å². The zero-order valence-electron chi connectivity index (χ0n) is 17.1. The van der Waals surface area contributed by atoms with Gasteiger partial charge in [0.15, 0.2) is 0 Å². The summed E-state index contributed by atoms with van der Waals surface area (Å²) in [6.45, 7) is 4.03. The first-order valence-electron chi connectivity index (χ1n) is 9.80. The smallest absolute Gasteiger partial charge is 0.416 e. The van der Waals surface area contributed by atoms with E-state index in [1.165, 1.54) is 29.0 Å². The minimum absolute atomic E-state index is 0.0673. The number of ether oxygens (including phenoxy) is 1. The maximum atomic E-state index is 13.2. The van der Waals surface area contributed by atoms with E-state index in [0.29, 0.717) is 17.8 Å². The first-order valence-corrected chi connectivity index (χ1v) is 9.80. The number of carbonyl (C=O) groups excluding carboxylic acids is 2. The Balaban J connectivity index is 1.95. The van der Waals surface area contributed by atoms with E-state index in [0.717, 1.165) is 25.0 Å². The van der Waals surface area contributed by atoms with Crippen LogP contribution in [0.1, 0.15) is 54.2 Å². The highest BCUT2D eigenvalue weighted by molar-refractivity contribution is 5.96. The zero-order chi connectivity index (χ0) is 22.1. The number of methoxy groups -OCH3 is 1. The summed E-state index contributed by atoms with van der Waals surface area (Å²) in [6.07, 6.45) is -1.38. The highest BCUT2D eigenvalue weighted by Crippen LogP contribution is 2.43. The van der Waals surface area contributed by atoms with Crippen molar-refractivity contribution < 1.29 is 27.5 Å². The topological polar surface area (TPSA) is 64.4 Å². The molecule has 1 fully saturated rings. The molecule has 9 heteroatoms. The lowest BCUT2D eigenvalue weighted by Crippen LogP contribution is -2.37. The maximum absolute atomic E-state index is 13.2. The highest BCUT2D eigenvalue weighted by Gasteiger charge is 2.35. The maximum Gasteiger partial charge on any atom is 0.416 e. The molecule has 0 aliphatic heterocycles. The first-order chi connectivity index (χ1) is 14.2. The van der Waals surface area contributed by atoms with Crippen LogP contribution < -0.4 is 0 Å². The summed E-state index contributed by atoms with van der Waals surface area (Å²) in [5.41, 5.74) is 0.460. The minimum atomic E-state index is -4.47. The lowest BCUT2D eigenvalue weighted by Gasteiger charge is -2.23. The molecule has 0 radical (unpaired) electrons. The van der Waals surface area contributed by atoms with Gasteiger partial charge in [0, 0.05) is 19.0 Å². The van der Waals surface area contributed by atoms with Gasteiger partial charge in [-0.25, -0.2) is 4.68 Å². The van der Waals surface area contributed by atoms with Gasteiger partial charge in [0.1, 0.15) is 0 Å². The van der Waals surface area contributed by atoms with Gasteiger partial charge in [-0.15, -0.1) is 0 Å². The molecule has 1 atom stereocenters. The predicted octanol–water partition coefficient (Wildman–Crippen LogP) is 4.04. The molecule has 0 N–H and O–H groups in total. The number of hydrogen-bond acceptors (Lipinski definition) is 4. The number of aromatic nitrogens is 2. The Morgan fingerprint density at radius 3 is 2.60 bits per heavy atom. The average Bonchev–Trinajstić information content (AvgIpc) is 3.47. The summed E-state index contributed by atoms with van der Waals surface area (Å²) in [5, 5.41) is 4.25. The van der Waals surface area contributed by atoms with Crippen LogP contribution in [0.2, 0.25) is 0 Å². The molecule has 0 spiro atoms. The Labute approximate surface area is 172 Å². The number of hydrogen-bond donors (Lipinski definition) is 0. The molecule has 1 aromatic carbocycles. The highest BCUT2D eigenvalue weighted by atomic mass is 19.4. The van der Waals surface area contributed by atoms with E-state index >= 15 is 0 Å². The third kappa shape index (κ3) is 4.49. The van der Waals surface area contributed by atoms with Crippen molar-refractivity contribution in [2.75, 3.05) is 20.2 Å². The normalized spacial score (nSPS) is 15.0. The molecule has 1 saturated carbocycles. The van der Waals surface area contributed by atoms with Gasteiger partial charge in [0.25, 0.3) is 5.91 Å². The number of halogens is 3. The van der Waals surface area contributed by atoms with Crippen LogP contribution in [0.3, 0.4) is 0 Å². The van der Waals surface area contributed by atoms with Crippen LogP contribution in [0, 0.1) is 5.92 Å². The number of alkyl halides is 3. The van der Waals surface area contributed by atoms with Gasteiger partial charge in [0.05, 0.1) is 41.7 Å². The number of esters is 1. The Hall–Kier alpha value is -2.84. The van der Waals surface area contributed by atoms with Crippen molar-refractivity contribution in [2.24, 2.45) is 5.92 Å². The van der Waals surface area contributed by atoms with Crippen LogP contribution in [0.4, 0.5) is 13.2 Å². The summed E-state index contributed by atoms with van der Waals surface area (Å²) >= 11 is 0. The molecular formula is C21H24F3N3O3. The van der Waals surface area contributed by atoms with Crippen molar-refractivity contribution in [3.05, 3.63) is 47.3 Å². The molecular weight excluding hydrogens is 399 g/mol. The van der Waals surface area contributed by atoms with Gasteiger partial charge in [-0.1, -0.05) is 13.0 Å². The van der Waals surface area contributed by atoms with Gasteiger partial charge in [-0.2, -0.15) is 18.3 Å². The Morgan fingerprint density at radius 2 is 2.03 bits per heavy atom. The van der Waals surface area contributed by atoms with Gasteiger partial charge in [-0.3, -0.25) is 9.59 Å². The largest absolute Gasteiger partial charge is 0.469 e. The van der Waals surface area contributed by atoms with Crippen LogP contribution in [0.5, 0.6) is 0 Å². The lowest BCUT2D eigenvalue weighted by molar-refractivity contribution is -0.145. The molecule has 30 heavy (non-hydrogen) atoms. The Bertz CT molecular complexity index is 935. The van der Waals surface area contributed by atoms with Crippen molar-refractivity contribution in [1.82, 2.24) is 14.7 Å². The second-order valence-electron chi connectivity index (χ2n) is 7.45. The molecule has 1 aromatic heterocycles. The van der Waals surface area contributed by atoms with E-state index in [1.54, 1.807) is 19.9 Å². The van der Waals surface area contributed by atoms with Gasteiger partial charge in [-0.05, 0) is 38.0 Å². The SMILES string of the molecule is CCN(CC(C)C(=O)OC)C(=O)c1cnn(-c2cccc(C(F)(F)F)c2)c1C1CC1. The van der Waals surface area contributed by atoms with E-state index in [1.807, 2.05) is 0 Å². The van der Waals surface area contributed by atoms with Crippen molar-refractivity contribution >= 4 is 11.9 Å². The van der Waals surface area contributed by atoms with E-state index in [-0.39, 0.29) is 24.1 Å². The lowest BCUT2D eigenvalue weighted by atomic mass is 10.1. The zero-order valence-corrected chi connectivity index (χ0v) is 17.1. The second-order valence-corrected chi connectivity index (χ2v) is 7.45. The number of amides is 1. The van der Waals surface area contributed by atoms with Gasteiger partial charge >= 0.3 is 12.1 Å². The molecule has 3 rings (SSSR count). The fourth-order valence-electron chi connectivity index (χ4n) is 3.42. The van der Waals surface area contributed by atoms with Crippen molar-refractivity contribution in [3.8, 4) is 5.69 Å². The number of benzene rings is 1. The third-order valence-electron chi connectivity index (χ3n) is 5.19. The Kier molecular flexibility index (Phi) is 6.19. The number of nitrogens with zero attached hydrogens (tertiary/aromatic N) is 3. The summed E-state index contributed by atoms with van der Waals surface area (Å²) in [7, 11) is 1.29. The molecule has 6 nitrogen and oxygen atoms in total. The molecule has 1 heterocycles. The first kappa shape index (κ1) is 21.9. The average molecular weight is 423 g/mol. The molecule has 1 unspecified atom stereocenters. The number of rotatable bonds is 7. The van der Waals surface area contributed by atoms with Crippen molar-refractivity contribution in [2.45, 2.75) is 38.8 Å². The fourth-order valence-corrected chi connectivity index (χ4v) is 3.42. The standard InChI is InChI=1S/C21H24F3N3O3/c1-4-26(12-13(2)20(29)30-3)19(28)17-11-25-27(18(17)14-8-9-14)16-7-5-6-15(10-16)21(22,23)24/h5-7,10-11,13-14H,4,8-9,12H2,1-3H3. The molecule has 2 aromatic rings. The minimum Gasteiger partial charge on any atom is -0.469 e. The second kappa shape index (κ2) is 8.49. The van der Waals surface area contributed by atoms with Crippen LogP contribution in [0.15, 0.2) is 30.5 Å². The summed E-state index contributed by atoms with van der Waals surface area (Å²) in [6, 6.07) is 4.90. The Morgan fingerprint density at radius 1 is 1.33 bits per heavy atom.